The van der Waals surface area contributed by atoms with E-state index in [1.165, 1.54) is 36.4 Å². The maximum Gasteiger partial charge on any atom is 0.132 e. The summed E-state index contributed by atoms with van der Waals surface area (Å²) in [4.78, 5) is 0. The molecule has 0 bridgehead atoms. The Morgan fingerprint density at radius 1 is 0.841 bits per heavy atom. The number of halogens is 2. The Morgan fingerprint density at radius 3 is 2.05 bits per heavy atom. The van der Waals surface area contributed by atoms with Crippen molar-refractivity contribution in [2.24, 2.45) is 11.5 Å². The van der Waals surface area contributed by atoms with Crippen molar-refractivity contribution in [3.63, 3.8) is 0 Å². The first-order valence-corrected chi connectivity index (χ1v) is 13.8. The zero-order chi connectivity index (χ0) is 31.2. The number of hydrogen-bond donors (Lipinski definition) is 6. The molecular formula is C32H32F2N6O4. The molecular weight excluding hydrogens is 570 g/mol. The van der Waals surface area contributed by atoms with Crippen molar-refractivity contribution < 1.29 is 28.5 Å². The normalized spacial score (nSPS) is 12.6. The number of ether oxygens (including phenoxy) is 2. The minimum atomic E-state index is -1.04. The second-order valence-electron chi connectivity index (χ2n) is 9.98. The average Bonchev–Trinajstić information content (AvgIpc) is 3.43. The first-order valence-electron chi connectivity index (χ1n) is 13.8. The molecule has 5 aromatic rings. The summed E-state index contributed by atoms with van der Waals surface area (Å²) in [5.41, 5.74) is 15.7. The molecule has 1 aromatic heterocycles. The summed E-state index contributed by atoms with van der Waals surface area (Å²) < 4.78 is 42.9. The second-order valence-corrected chi connectivity index (χ2v) is 9.98. The fourth-order valence-corrected chi connectivity index (χ4v) is 4.86. The highest BCUT2D eigenvalue weighted by Crippen LogP contribution is 2.39. The van der Waals surface area contributed by atoms with E-state index in [-0.39, 0.29) is 35.8 Å². The van der Waals surface area contributed by atoms with Crippen LogP contribution >= 0.6 is 0 Å². The largest absolute Gasteiger partial charge is 0.457 e. The van der Waals surface area contributed by atoms with Crippen LogP contribution in [0.2, 0.25) is 0 Å². The quantitative estimate of drug-likeness (QED) is 0.103. The van der Waals surface area contributed by atoms with Crippen LogP contribution in [-0.2, 0) is 6.54 Å². The van der Waals surface area contributed by atoms with Crippen LogP contribution in [0.3, 0.4) is 0 Å². The van der Waals surface area contributed by atoms with Gasteiger partial charge in [-0.15, -0.1) is 0 Å². The van der Waals surface area contributed by atoms with E-state index in [1.807, 2.05) is 0 Å². The van der Waals surface area contributed by atoms with E-state index in [1.54, 1.807) is 47.3 Å². The summed E-state index contributed by atoms with van der Waals surface area (Å²) in [6, 6.07) is 16.0. The van der Waals surface area contributed by atoms with E-state index in [2.05, 4.69) is 10.4 Å². The molecule has 0 amide bonds. The molecule has 10 nitrogen and oxygen atoms in total. The molecule has 0 spiro atoms. The fraction of sp³-hybridized carbons (Fsp3) is 0.188. The summed E-state index contributed by atoms with van der Waals surface area (Å²) >= 11 is 0. The van der Waals surface area contributed by atoms with Crippen LogP contribution in [0.25, 0.3) is 10.9 Å². The molecule has 2 unspecified atom stereocenters. The first-order chi connectivity index (χ1) is 21.3. The lowest BCUT2D eigenvalue weighted by Crippen LogP contribution is -2.27. The van der Waals surface area contributed by atoms with Crippen molar-refractivity contribution in [2.75, 3.05) is 25.1 Å². The topological polar surface area (TPSA) is 165 Å². The third kappa shape index (κ3) is 6.68. The van der Waals surface area contributed by atoms with E-state index >= 15 is 0 Å². The van der Waals surface area contributed by atoms with Crippen LogP contribution in [-0.4, -0.2) is 46.0 Å². The monoisotopic (exact) mass is 602 g/mol. The number of anilines is 1. The Balaban J connectivity index is 1.43. The fourth-order valence-electron chi connectivity index (χ4n) is 4.86. The summed E-state index contributed by atoms with van der Waals surface area (Å²) in [5, 5.41) is 34.2. The number of nitrogens with one attached hydrogen (secondary N) is 2. The van der Waals surface area contributed by atoms with Gasteiger partial charge in [-0.1, -0.05) is 0 Å². The zero-order valence-electron chi connectivity index (χ0n) is 23.6. The van der Waals surface area contributed by atoms with Gasteiger partial charge in [0.25, 0.3) is 0 Å². The molecule has 1 heterocycles. The van der Waals surface area contributed by atoms with Gasteiger partial charge in [0.2, 0.25) is 0 Å². The van der Waals surface area contributed by atoms with E-state index in [9.17, 15) is 13.9 Å². The van der Waals surface area contributed by atoms with Crippen LogP contribution in [0.1, 0.15) is 28.8 Å². The lowest BCUT2D eigenvalue weighted by molar-refractivity contribution is 0.271. The summed E-state index contributed by atoms with van der Waals surface area (Å²) in [6.07, 6.45) is 2.80. The zero-order valence-corrected chi connectivity index (χ0v) is 23.6. The van der Waals surface area contributed by atoms with Gasteiger partial charge in [0.1, 0.15) is 34.6 Å². The van der Waals surface area contributed by atoms with Crippen LogP contribution in [0, 0.1) is 17.0 Å². The van der Waals surface area contributed by atoms with E-state index in [0.29, 0.717) is 35.8 Å². The van der Waals surface area contributed by atoms with Crippen molar-refractivity contribution in [3.8, 4) is 23.0 Å². The molecule has 0 fully saturated rings. The third-order valence-electron chi connectivity index (χ3n) is 7.04. The van der Waals surface area contributed by atoms with Gasteiger partial charge < -0.3 is 41.9 Å². The average molecular weight is 603 g/mol. The van der Waals surface area contributed by atoms with Crippen molar-refractivity contribution in [1.29, 1.82) is 5.41 Å². The molecule has 0 aliphatic rings. The molecule has 5 rings (SSSR count). The molecule has 8 N–H and O–H groups in total. The number of aliphatic hydroxyl groups excluding tert-OH is 2. The maximum atomic E-state index is 14.5. The molecule has 12 heteroatoms. The van der Waals surface area contributed by atoms with Gasteiger partial charge in [0.15, 0.2) is 0 Å². The Kier molecular flexibility index (Phi) is 9.46. The minimum absolute atomic E-state index is 0.0514. The van der Waals surface area contributed by atoms with Gasteiger partial charge in [0.05, 0.1) is 43.6 Å². The Labute approximate surface area is 252 Å². The predicted molar refractivity (Wildman–Crippen MR) is 164 cm³/mol. The molecule has 4 aromatic carbocycles. The van der Waals surface area contributed by atoms with Crippen LogP contribution in [0.5, 0.6) is 23.0 Å². The number of nitrogens with zero attached hydrogens (tertiary/aromatic N) is 2. The number of nitrogens with two attached hydrogens (primary N) is 2. The highest BCUT2D eigenvalue weighted by Gasteiger charge is 2.26. The summed E-state index contributed by atoms with van der Waals surface area (Å²) in [5.74, 6) is 0.176. The van der Waals surface area contributed by atoms with E-state index in [0.717, 1.165) is 17.1 Å². The number of aliphatic hydroxyl groups is 2. The maximum absolute atomic E-state index is 14.5. The van der Waals surface area contributed by atoms with Crippen LogP contribution in [0.4, 0.5) is 14.5 Å². The third-order valence-corrected chi connectivity index (χ3v) is 7.04. The number of rotatable bonds is 13. The standard InChI is InChI=1S/C32H32F2N6O4/c33-21-1-7-29(43-23-3-5-27(38-9-11-41)19(13-23)17-35)25(15-21)31(36)32(37)26-16-22(34)2-8-30(26)44-24-4-6-28-20(14-24)18-39-40(28)10-12-42/h1-8,13-18,31-32,35,38,41-42H,9-12,36-37H2. The molecule has 44 heavy (non-hydrogen) atoms. The minimum Gasteiger partial charge on any atom is -0.457 e. The first kappa shape index (κ1) is 30.6. The van der Waals surface area contributed by atoms with Gasteiger partial charge in [-0.2, -0.15) is 5.10 Å². The molecule has 0 aliphatic heterocycles. The van der Waals surface area contributed by atoms with Crippen molar-refractivity contribution >= 4 is 22.8 Å². The Hall–Kier alpha value is -4.88. The number of benzene rings is 4. The lowest BCUT2D eigenvalue weighted by atomic mass is 9.93. The van der Waals surface area contributed by atoms with E-state index < -0.39 is 23.7 Å². The molecule has 0 saturated carbocycles. The van der Waals surface area contributed by atoms with Gasteiger partial charge >= 0.3 is 0 Å². The summed E-state index contributed by atoms with van der Waals surface area (Å²) in [6.45, 7) is 0.536. The smallest absolute Gasteiger partial charge is 0.132 e. The molecule has 2 atom stereocenters. The highest BCUT2D eigenvalue weighted by atomic mass is 19.1. The molecule has 228 valence electrons. The van der Waals surface area contributed by atoms with Crippen LogP contribution < -0.4 is 26.3 Å². The van der Waals surface area contributed by atoms with Crippen molar-refractivity contribution in [2.45, 2.75) is 18.6 Å². The Bertz CT molecular complexity index is 1780. The molecule has 0 aliphatic carbocycles. The lowest BCUT2D eigenvalue weighted by Gasteiger charge is -2.25. The second kappa shape index (κ2) is 13.6. The van der Waals surface area contributed by atoms with E-state index in [4.69, 9.17) is 31.5 Å². The van der Waals surface area contributed by atoms with Gasteiger partial charge in [-0.25, -0.2) is 8.78 Å². The van der Waals surface area contributed by atoms with Crippen LogP contribution in [0.15, 0.2) is 79.0 Å². The van der Waals surface area contributed by atoms with Crippen molar-refractivity contribution in [3.05, 3.63) is 107 Å². The number of aromatic nitrogens is 2. The molecule has 0 saturated heterocycles. The molecule has 0 radical (unpaired) electrons. The predicted octanol–water partition coefficient (Wildman–Crippen LogP) is 4.99. The van der Waals surface area contributed by atoms with Gasteiger partial charge in [0, 0.05) is 40.5 Å². The highest BCUT2D eigenvalue weighted by molar-refractivity contribution is 5.86. The van der Waals surface area contributed by atoms with Gasteiger partial charge in [-0.3, -0.25) is 4.68 Å². The van der Waals surface area contributed by atoms with Gasteiger partial charge in [-0.05, 0) is 72.8 Å². The Morgan fingerprint density at radius 2 is 1.45 bits per heavy atom. The number of hydrogen-bond acceptors (Lipinski definition) is 9. The number of fused-ring (bicyclic) bond motifs is 1. The van der Waals surface area contributed by atoms with Crippen molar-refractivity contribution in [1.82, 2.24) is 9.78 Å². The SMILES string of the molecule is N=Cc1cc(Oc2ccc(F)cc2C(N)C(N)c2cc(F)ccc2Oc2ccc3c(cnn3CCO)c2)ccc1NCCO. The summed E-state index contributed by atoms with van der Waals surface area (Å²) in [7, 11) is 0.